The molecule has 1 heterocycles. The predicted octanol–water partition coefficient (Wildman–Crippen LogP) is 4.43. The van der Waals surface area contributed by atoms with E-state index in [1.807, 2.05) is 0 Å². The Morgan fingerprint density at radius 1 is 1.14 bits per heavy atom. The number of hydrogen-bond acceptors (Lipinski definition) is 2. The van der Waals surface area contributed by atoms with Crippen LogP contribution in [0.2, 0.25) is 0 Å². The van der Waals surface area contributed by atoms with E-state index in [1.54, 1.807) is 0 Å². The fourth-order valence-electron chi connectivity index (χ4n) is 4.84. The predicted molar refractivity (Wildman–Crippen MR) is 92.4 cm³/mol. The Balaban J connectivity index is 2.07. The van der Waals surface area contributed by atoms with E-state index in [0.29, 0.717) is 17.0 Å². The van der Waals surface area contributed by atoms with Gasteiger partial charge in [-0.2, -0.15) is 0 Å². The fraction of sp³-hybridized carbons (Fsp3) is 1.00. The molecule has 2 rings (SSSR count). The largest absolute Gasteiger partial charge is 0.329 e. The molecule has 21 heavy (non-hydrogen) atoms. The highest BCUT2D eigenvalue weighted by molar-refractivity contribution is 5.01. The molecule has 2 fully saturated rings. The minimum Gasteiger partial charge on any atom is -0.329 e. The summed E-state index contributed by atoms with van der Waals surface area (Å²) in [6.07, 6.45) is 9.42. The van der Waals surface area contributed by atoms with Crippen LogP contribution in [0.4, 0.5) is 0 Å². The van der Waals surface area contributed by atoms with Crippen molar-refractivity contribution in [2.45, 2.75) is 91.1 Å². The molecule has 2 nitrogen and oxygen atoms in total. The zero-order valence-electron chi connectivity index (χ0n) is 15.1. The lowest BCUT2D eigenvalue weighted by Gasteiger charge is -2.54. The summed E-state index contributed by atoms with van der Waals surface area (Å²) in [6, 6.07) is 0.707. The number of likely N-dealkylation sites (tertiary alicyclic amines) is 1. The molecular formula is C19H38N2. The maximum Gasteiger partial charge on any atom is 0.0334 e. The lowest BCUT2D eigenvalue weighted by atomic mass is 9.64. The fourth-order valence-corrected chi connectivity index (χ4v) is 4.84. The van der Waals surface area contributed by atoms with Gasteiger partial charge < -0.3 is 5.73 Å². The highest BCUT2D eigenvalue weighted by atomic mass is 15.2. The van der Waals surface area contributed by atoms with Gasteiger partial charge in [0, 0.05) is 18.1 Å². The molecule has 0 aromatic carbocycles. The van der Waals surface area contributed by atoms with Crippen LogP contribution in [0, 0.1) is 17.3 Å². The normalized spacial score (nSPS) is 39.4. The van der Waals surface area contributed by atoms with Gasteiger partial charge >= 0.3 is 0 Å². The van der Waals surface area contributed by atoms with E-state index in [-0.39, 0.29) is 0 Å². The lowest BCUT2D eigenvalue weighted by molar-refractivity contribution is -0.0370. The molecule has 2 atom stereocenters. The maximum atomic E-state index is 6.32. The van der Waals surface area contributed by atoms with E-state index in [2.05, 4.69) is 39.5 Å². The first-order valence-electron chi connectivity index (χ1n) is 9.33. The molecule has 0 radical (unpaired) electrons. The smallest absolute Gasteiger partial charge is 0.0334 e. The number of rotatable bonds is 4. The van der Waals surface area contributed by atoms with Crippen LogP contribution in [-0.2, 0) is 0 Å². The van der Waals surface area contributed by atoms with Crippen LogP contribution >= 0.6 is 0 Å². The van der Waals surface area contributed by atoms with Gasteiger partial charge in [-0.1, -0.05) is 34.1 Å². The van der Waals surface area contributed by atoms with Crippen LogP contribution in [0.5, 0.6) is 0 Å². The van der Waals surface area contributed by atoms with E-state index in [9.17, 15) is 0 Å². The second-order valence-electron chi connectivity index (χ2n) is 8.60. The standard InChI is InChI=1S/C19H38N2/c1-6-18(4,5)17-9-11-19(14-20,12-10-17)21-13-7-8-15(2)16(21)3/h15-17H,6-14,20H2,1-5H3. The first kappa shape index (κ1) is 17.3. The molecule has 1 aliphatic carbocycles. The third kappa shape index (κ3) is 3.32. The van der Waals surface area contributed by atoms with Crippen LogP contribution in [0.25, 0.3) is 0 Å². The average Bonchev–Trinajstić information content (AvgIpc) is 2.50. The Morgan fingerprint density at radius 3 is 2.29 bits per heavy atom. The van der Waals surface area contributed by atoms with Crippen molar-refractivity contribution in [1.82, 2.24) is 4.90 Å². The van der Waals surface area contributed by atoms with Crippen LogP contribution in [0.15, 0.2) is 0 Å². The van der Waals surface area contributed by atoms with Gasteiger partial charge in [0.2, 0.25) is 0 Å². The molecule has 1 saturated heterocycles. The SMILES string of the molecule is CCC(C)(C)C1CCC(CN)(N2CCCC(C)C2C)CC1. The average molecular weight is 295 g/mol. The summed E-state index contributed by atoms with van der Waals surface area (Å²) < 4.78 is 0. The molecule has 0 spiro atoms. The van der Waals surface area contributed by atoms with E-state index < -0.39 is 0 Å². The van der Waals surface area contributed by atoms with Crippen molar-refractivity contribution >= 4 is 0 Å². The Kier molecular flexibility index (Phi) is 5.41. The molecule has 124 valence electrons. The van der Waals surface area contributed by atoms with Gasteiger partial charge in [0.1, 0.15) is 0 Å². The molecule has 2 aliphatic rings. The highest BCUT2D eigenvalue weighted by Gasteiger charge is 2.45. The van der Waals surface area contributed by atoms with Crippen molar-refractivity contribution in [2.24, 2.45) is 23.0 Å². The number of hydrogen-bond donors (Lipinski definition) is 1. The Labute approximate surface area is 132 Å². The van der Waals surface area contributed by atoms with Crippen LogP contribution in [-0.4, -0.2) is 29.6 Å². The molecule has 0 aromatic heterocycles. The van der Waals surface area contributed by atoms with Crippen molar-refractivity contribution in [3.05, 3.63) is 0 Å². The molecular weight excluding hydrogens is 256 g/mol. The van der Waals surface area contributed by atoms with Gasteiger partial charge in [-0.3, -0.25) is 4.90 Å². The summed E-state index contributed by atoms with van der Waals surface area (Å²) in [4.78, 5) is 2.80. The molecule has 1 aliphatic heterocycles. The van der Waals surface area contributed by atoms with Gasteiger partial charge in [0.15, 0.2) is 0 Å². The maximum absolute atomic E-state index is 6.32. The topological polar surface area (TPSA) is 29.3 Å². The second kappa shape index (κ2) is 6.58. The minimum atomic E-state index is 0.300. The van der Waals surface area contributed by atoms with Gasteiger partial charge in [-0.25, -0.2) is 0 Å². The third-order valence-corrected chi connectivity index (χ3v) is 7.30. The quantitative estimate of drug-likeness (QED) is 0.831. The molecule has 1 saturated carbocycles. The van der Waals surface area contributed by atoms with Crippen LogP contribution < -0.4 is 5.73 Å². The van der Waals surface area contributed by atoms with Crippen molar-refractivity contribution in [3.8, 4) is 0 Å². The molecule has 0 amide bonds. The van der Waals surface area contributed by atoms with Gasteiger partial charge in [0.05, 0.1) is 0 Å². The Morgan fingerprint density at radius 2 is 1.76 bits per heavy atom. The van der Waals surface area contributed by atoms with Gasteiger partial charge in [-0.15, -0.1) is 0 Å². The number of nitrogens with two attached hydrogens (primary N) is 1. The van der Waals surface area contributed by atoms with Gasteiger partial charge in [-0.05, 0) is 69.2 Å². The van der Waals surface area contributed by atoms with E-state index in [1.165, 1.54) is 51.5 Å². The van der Waals surface area contributed by atoms with Crippen molar-refractivity contribution < 1.29 is 0 Å². The second-order valence-corrected chi connectivity index (χ2v) is 8.60. The zero-order valence-corrected chi connectivity index (χ0v) is 15.1. The first-order chi connectivity index (χ1) is 9.86. The summed E-state index contributed by atoms with van der Waals surface area (Å²) in [6.45, 7) is 14.2. The van der Waals surface area contributed by atoms with Crippen LogP contribution in [0.1, 0.15) is 79.6 Å². The summed E-state index contributed by atoms with van der Waals surface area (Å²) in [5.74, 6) is 1.71. The Hall–Kier alpha value is -0.0800. The van der Waals surface area contributed by atoms with E-state index >= 15 is 0 Å². The Bertz CT molecular complexity index is 328. The molecule has 2 heteroatoms. The molecule has 2 N–H and O–H groups in total. The molecule has 0 aromatic rings. The summed E-state index contributed by atoms with van der Waals surface area (Å²) in [7, 11) is 0. The van der Waals surface area contributed by atoms with Crippen molar-refractivity contribution in [2.75, 3.05) is 13.1 Å². The number of nitrogens with zero attached hydrogens (tertiary/aromatic N) is 1. The number of piperidine rings is 1. The monoisotopic (exact) mass is 294 g/mol. The summed E-state index contributed by atoms with van der Waals surface area (Å²) in [5, 5.41) is 0. The molecule has 0 bridgehead atoms. The summed E-state index contributed by atoms with van der Waals surface area (Å²) >= 11 is 0. The van der Waals surface area contributed by atoms with E-state index in [4.69, 9.17) is 5.73 Å². The van der Waals surface area contributed by atoms with E-state index in [0.717, 1.165) is 18.4 Å². The molecule has 2 unspecified atom stereocenters. The van der Waals surface area contributed by atoms with Crippen molar-refractivity contribution in [3.63, 3.8) is 0 Å². The third-order valence-electron chi connectivity index (χ3n) is 7.30. The van der Waals surface area contributed by atoms with Crippen molar-refractivity contribution in [1.29, 1.82) is 0 Å². The highest BCUT2D eigenvalue weighted by Crippen LogP contribution is 2.46. The van der Waals surface area contributed by atoms with Gasteiger partial charge in [0.25, 0.3) is 0 Å². The first-order valence-corrected chi connectivity index (χ1v) is 9.33. The van der Waals surface area contributed by atoms with Crippen LogP contribution in [0.3, 0.4) is 0 Å². The minimum absolute atomic E-state index is 0.300. The summed E-state index contributed by atoms with van der Waals surface area (Å²) in [5.41, 5.74) is 7.12. The lowest BCUT2D eigenvalue weighted by Crippen LogP contribution is -2.61. The zero-order chi connectivity index (χ0) is 15.7.